The predicted octanol–water partition coefficient (Wildman–Crippen LogP) is 1.99. The number of fused-ring (bicyclic) bond motifs is 1. The SMILES string of the molecule is C=C(C)C(O)Cc1c(O)c(OC)cc2ccc(=O)oc12. The molecule has 2 N–H and O–H groups in total. The smallest absolute Gasteiger partial charge is 0.336 e. The lowest BCUT2D eigenvalue weighted by molar-refractivity contribution is 0.210. The van der Waals surface area contributed by atoms with E-state index in [4.69, 9.17) is 9.15 Å². The molecule has 1 atom stereocenters. The number of aliphatic hydroxyl groups is 1. The van der Waals surface area contributed by atoms with Crippen molar-refractivity contribution in [3.05, 3.63) is 46.3 Å². The first-order valence-electron chi connectivity index (χ1n) is 6.10. The van der Waals surface area contributed by atoms with E-state index in [1.54, 1.807) is 19.1 Å². The Balaban J connectivity index is 2.70. The van der Waals surface area contributed by atoms with Gasteiger partial charge in [-0.2, -0.15) is 0 Å². The van der Waals surface area contributed by atoms with Gasteiger partial charge < -0.3 is 19.4 Å². The van der Waals surface area contributed by atoms with E-state index >= 15 is 0 Å². The average Bonchev–Trinajstić information content (AvgIpc) is 2.41. The molecule has 0 spiro atoms. The molecule has 0 aliphatic rings. The van der Waals surface area contributed by atoms with Gasteiger partial charge in [0.25, 0.3) is 0 Å². The Labute approximate surface area is 115 Å². The summed E-state index contributed by atoms with van der Waals surface area (Å²) >= 11 is 0. The van der Waals surface area contributed by atoms with Crippen molar-refractivity contribution in [2.24, 2.45) is 0 Å². The van der Waals surface area contributed by atoms with Crippen LogP contribution in [-0.2, 0) is 6.42 Å². The number of benzene rings is 1. The maximum absolute atomic E-state index is 11.4. The summed E-state index contributed by atoms with van der Waals surface area (Å²) in [6, 6.07) is 4.45. The summed E-state index contributed by atoms with van der Waals surface area (Å²) in [6.07, 6.45) is -0.760. The van der Waals surface area contributed by atoms with Crippen LogP contribution in [0, 0.1) is 0 Å². The van der Waals surface area contributed by atoms with Gasteiger partial charge in [0.1, 0.15) is 5.58 Å². The minimum absolute atomic E-state index is 0.0851. The number of methoxy groups -OCH3 is 1. The number of aromatic hydroxyl groups is 1. The molecule has 0 bridgehead atoms. The van der Waals surface area contributed by atoms with E-state index in [-0.39, 0.29) is 23.5 Å². The summed E-state index contributed by atoms with van der Waals surface area (Å²) in [5.41, 5.74) is 0.607. The standard InChI is InChI=1S/C15H16O5/c1-8(2)11(16)7-10-14(18)12(19-3)6-9-4-5-13(17)20-15(9)10/h4-6,11,16,18H,1,7H2,2-3H3. The van der Waals surface area contributed by atoms with Gasteiger partial charge in [-0.3, -0.25) is 0 Å². The lowest BCUT2D eigenvalue weighted by Crippen LogP contribution is -2.12. The fraction of sp³-hybridized carbons (Fsp3) is 0.267. The third-order valence-electron chi connectivity index (χ3n) is 3.13. The van der Waals surface area contributed by atoms with Crippen molar-refractivity contribution in [3.8, 4) is 11.5 Å². The molecule has 1 aromatic heterocycles. The Morgan fingerprint density at radius 1 is 1.50 bits per heavy atom. The number of hydrogen-bond acceptors (Lipinski definition) is 5. The van der Waals surface area contributed by atoms with Gasteiger partial charge in [0.05, 0.1) is 13.2 Å². The van der Waals surface area contributed by atoms with Crippen LogP contribution in [-0.4, -0.2) is 23.4 Å². The highest BCUT2D eigenvalue weighted by molar-refractivity contribution is 5.84. The molecular weight excluding hydrogens is 260 g/mol. The van der Waals surface area contributed by atoms with Gasteiger partial charge in [-0.05, 0) is 19.1 Å². The molecule has 20 heavy (non-hydrogen) atoms. The number of phenolic OH excluding ortho intramolecular Hbond substituents is 1. The van der Waals surface area contributed by atoms with E-state index in [2.05, 4.69) is 6.58 Å². The lowest BCUT2D eigenvalue weighted by atomic mass is 10.00. The molecule has 0 saturated heterocycles. The van der Waals surface area contributed by atoms with Crippen LogP contribution in [0.25, 0.3) is 11.0 Å². The minimum atomic E-state index is -0.846. The maximum atomic E-state index is 11.4. The van der Waals surface area contributed by atoms with Crippen LogP contribution in [0.3, 0.4) is 0 Å². The molecule has 0 radical (unpaired) electrons. The molecule has 1 aromatic carbocycles. The van der Waals surface area contributed by atoms with Crippen LogP contribution in [0.2, 0.25) is 0 Å². The van der Waals surface area contributed by atoms with Gasteiger partial charge >= 0.3 is 5.63 Å². The monoisotopic (exact) mass is 276 g/mol. The predicted molar refractivity (Wildman–Crippen MR) is 75.2 cm³/mol. The zero-order valence-electron chi connectivity index (χ0n) is 11.3. The van der Waals surface area contributed by atoms with Crippen LogP contribution < -0.4 is 10.4 Å². The van der Waals surface area contributed by atoms with Crippen molar-refractivity contribution in [2.75, 3.05) is 7.11 Å². The van der Waals surface area contributed by atoms with Gasteiger partial charge in [0, 0.05) is 23.4 Å². The van der Waals surface area contributed by atoms with Crippen molar-refractivity contribution < 1.29 is 19.4 Å². The Kier molecular flexibility index (Phi) is 3.81. The average molecular weight is 276 g/mol. The number of phenols is 1. The van der Waals surface area contributed by atoms with E-state index in [0.29, 0.717) is 16.5 Å². The topological polar surface area (TPSA) is 79.9 Å². The van der Waals surface area contributed by atoms with Crippen LogP contribution in [0.4, 0.5) is 0 Å². The van der Waals surface area contributed by atoms with Crippen molar-refractivity contribution in [1.82, 2.24) is 0 Å². The van der Waals surface area contributed by atoms with Crippen molar-refractivity contribution in [2.45, 2.75) is 19.4 Å². The Bertz CT molecular complexity index is 714. The fourth-order valence-electron chi connectivity index (χ4n) is 1.95. The Morgan fingerprint density at radius 3 is 2.80 bits per heavy atom. The molecule has 1 unspecified atom stereocenters. The summed E-state index contributed by atoms with van der Waals surface area (Å²) in [5, 5.41) is 20.7. The number of ether oxygens (including phenoxy) is 1. The normalized spacial score (nSPS) is 12.3. The summed E-state index contributed by atoms with van der Waals surface area (Å²) < 4.78 is 10.2. The second kappa shape index (κ2) is 5.38. The first kappa shape index (κ1) is 14.1. The molecule has 5 nitrogen and oxygen atoms in total. The van der Waals surface area contributed by atoms with Gasteiger partial charge in [-0.15, -0.1) is 0 Å². The summed E-state index contributed by atoms with van der Waals surface area (Å²) in [5.74, 6) is 0.116. The molecule has 2 aromatic rings. The first-order chi connectivity index (χ1) is 9.43. The quantitative estimate of drug-likeness (QED) is 0.659. The molecule has 106 valence electrons. The van der Waals surface area contributed by atoms with Gasteiger partial charge in [0.15, 0.2) is 11.5 Å². The molecule has 0 aliphatic carbocycles. The molecule has 0 amide bonds. The molecule has 0 saturated carbocycles. The van der Waals surface area contributed by atoms with Crippen molar-refractivity contribution in [3.63, 3.8) is 0 Å². The van der Waals surface area contributed by atoms with Crippen LogP contribution in [0.1, 0.15) is 12.5 Å². The molecular formula is C15H16O5. The summed E-state index contributed by atoms with van der Waals surface area (Å²) in [4.78, 5) is 11.4. The number of aliphatic hydroxyl groups excluding tert-OH is 1. The lowest BCUT2D eigenvalue weighted by Gasteiger charge is -2.15. The van der Waals surface area contributed by atoms with Crippen LogP contribution >= 0.6 is 0 Å². The summed E-state index contributed by atoms with van der Waals surface area (Å²) in [7, 11) is 1.43. The Hall–Kier alpha value is -2.27. The fourth-order valence-corrected chi connectivity index (χ4v) is 1.95. The van der Waals surface area contributed by atoms with E-state index in [1.165, 1.54) is 13.2 Å². The molecule has 5 heteroatoms. The van der Waals surface area contributed by atoms with Crippen LogP contribution in [0.15, 0.2) is 39.6 Å². The molecule has 0 aliphatic heterocycles. The van der Waals surface area contributed by atoms with E-state index in [1.807, 2.05) is 0 Å². The summed E-state index contributed by atoms with van der Waals surface area (Å²) in [6.45, 7) is 5.35. The second-order valence-electron chi connectivity index (χ2n) is 4.65. The molecule has 2 rings (SSSR count). The Morgan fingerprint density at radius 2 is 2.20 bits per heavy atom. The van der Waals surface area contributed by atoms with Gasteiger partial charge in [-0.1, -0.05) is 12.2 Å². The zero-order valence-corrected chi connectivity index (χ0v) is 11.3. The van der Waals surface area contributed by atoms with E-state index < -0.39 is 11.7 Å². The number of rotatable bonds is 4. The zero-order chi connectivity index (χ0) is 14.9. The molecule has 1 heterocycles. The third kappa shape index (κ3) is 2.53. The highest BCUT2D eigenvalue weighted by Crippen LogP contribution is 2.37. The third-order valence-corrected chi connectivity index (χ3v) is 3.13. The minimum Gasteiger partial charge on any atom is -0.504 e. The molecule has 0 fully saturated rings. The van der Waals surface area contributed by atoms with E-state index in [9.17, 15) is 15.0 Å². The van der Waals surface area contributed by atoms with Crippen molar-refractivity contribution >= 4 is 11.0 Å². The highest BCUT2D eigenvalue weighted by Gasteiger charge is 2.19. The van der Waals surface area contributed by atoms with Gasteiger partial charge in [-0.25, -0.2) is 4.79 Å². The largest absolute Gasteiger partial charge is 0.504 e. The highest BCUT2D eigenvalue weighted by atomic mass is 16.5. The van der Waals surface area contributed by atoms with Gasteiger partial charge in [0.2, 0.25) is 0 Å². The second-order valence-corrected chi connectivity index (χ2v) is 4.65. The van der Waals surface area contributed by atoms with E-state index in [0.717, 1.165) is 0 Å². The van der Waals surface area contributed by atoms with Crippen LogP contribution in [0.5, 0.6) is 11.5 Å². The number of hydrogen-bond donors (Lipinski definition) is 2. The van der Waals surface area contributed by atoms with Crippen molar-refractivity contribution in [1.29, 1.82) is 0 Å². The maximum Gasteiger partial charge on any atom is 0.336 e. The first-order valence-corrected chi connectivity index (χ1v) is 6.10.